The highest BCUT2D eigenvalue weighted by Gasteiger charge is 2.09. The van der Waals surface area contributed by atoms with E-state index in [0.29, 0.717) is 0 Å². The molecule has 2 aromatic heterocycles. The predicted octanol–water partition coefficient (Wildman–Crippen LogP) is 2.53. The first-order chi connectivity index (χ1) is 8.74. The average molecular weight is 282 g/mol. The van der Waals surface area contributed by atoms with Crippen molar-refractivity contribution in [2.75, 3.05) is 38.0 Å². The Morgan fingerprint density at radius 3 is 3.00 bits per heavy atom. The minimum absolute atomic E-state index is 0.795. The van der Waals surface area contributed by atoms with Gasteiger partial charge in [-0.1, -0.05) is 0 Å². The van der Waals surface area contributed by atoms with Gasteiger partial charge in [0.1, 0.15) is 16.5 Å². The average Bonchev–Trinajstić information content (AvgIpc) is 2.83. The molecule has 6 heteroatoms. The van der Waals surface area contributed by atoms with Crippen LogP contribution in [0.2, 0.25) is 0 Å². The SMILES string of the molecule is CNc1nc(CN(C)CCSC)nc2sccc12. The third-order valence-electron chi connectivity index (χ3n) is 2.70. The summed E-state index contributed by atoms with van der Waals surface area (Å²) in [5.74, 6) is 2.95. The Morgan fingerprint density at radius 2 is 2.28 bits per heavy atom. The highest BCUT2D eigenvalue weighted by atomic mass is 32.2. The number of thioether (sulfide) groups is 1. The lowest BCUT2D eigenvalue weighted by molar-refractivity contribution is 0.340. The standard InChI is InChI=1S/C12H18N4S2/c1-13-11-9-4-6-18-12(9)15-10(14-11)8-16(2)5-7-17-3/h4,6H,5,7-8H2,1-3H3,(H,13,14,15). The topological polar surface area (TPSA) is 41.1 Å². The molecular weight excluding hydrogens is 264 g/mol. The van der Waals surface area contributed by atoms with Gasteiger partial charge in [0.2, 0.25) is 0 Å². The first kappa shape index (κ1) is 13.6. The largest absolute Gasteiger partial charge is 0.372 e. The summed E-state index contributed by atoms with van der Waals surface area (Å²) in [4.78, 5) is 12.5. The molecule has 0 unspecified atom stereocenters. The monoisotopic (exact) mass is 282 g/mol. The van der Waals surface area contributed by atoms with Crippen LogP contribution in [-0.2, 0) is 6.54 Å². The van der Waals surface area contributed by atoms with Crippen molar-refractivity contribution in [1.82, 2.24) is 14.9 Å². The smallest absolute Gasteiger partial charge is 0.146 e. The number of anilines is 1. The van der Waals surface area contributed by atoms with Crippen molar-refractivity contribution in [1.29, 1.82) is 0 Å². The summed E-state index contributed by atoms with van der Waals surface area (Å²) in [5, 5.41) is 6.31. The maximum Gasteiger partial charge on any atom is 0.146 e. The molecule has 0 amide bonds. The van der Waals surface area contributed by atoms with Gasteiger partial charge >= 0.3 is 0 Å². The van der Waals surface area contributed by atoms with Gasteiger partial charge in [-0.2, -0.15) is 11.8 Å². The summed E-state index contributed by atoms with van der Waals surface area (Å²) in [6.07, 6.45) is 2.13. The van der Waals surface area contributed by atoms with Crippen LogP contribution < -0.4 is 5.32 Å². The van der Waals surface area contributed by atoms with Gasteiger partial charge < -0.3 is 5.32 Å². The molecule has 1 N–H and O–H groups in total. The van der Waals surface area contributed by atoms with Gasteiger partial charge in [-0.25, -0.2) is 9.97 Å². The molecule has 0 aliphatic carbocycles. The Bertz CT molecular complexity index is 512. The van der Waals surface area contributed by atoms with E-state index in [1.807, 2.05) is 18.8 Å². The third-order valence-corrected chi connectivity index (χ3v) is 4.09. The number of rotatable bonds is 6. The second-order valence-electron chi connectivity index (χ2n) is 4.11. The number of nitrogens with zero attached hydrogens (tertiary/aromatic N) is 3. The molecule has 2 heterocycles. The summed E-state index contributed by atoms with van der Waals surface area (Å²) in [6, 6.07) is 2.06. The van der Waals surface area contributed by atoms with Crippen LogP contribution in [0.15, 0.2) is 11.4 Å². The summed E-state index contributed by atoms with van der Waals surface area (Å²) in [5.41, 5.74) is 0. The maximum atomic E-state index is 4.61. The molecule has 0 aliphatic heterocycles. The van der Waals surface area contributed by atoms with E-state index in [-0.39, 0.29) is 0 Å². The van der Waals surface area contributed by atoms with Crippen LogP contribution in [0.3, 0.4) is 0 Å². The van der Waals surface area contributed by atoms with Gasteiger partial charge in [0.25, 0.3) is 0 Å². The molecule has 0 spiro atoms. The van der Waals surface area contributed by atoms with E-state index in [0.717, 1.165) is 40.7 Å². The fraction of sp³-hybridized carbons (Fsp3) is 0.500. The fourth-order valence-corrected chi connectivity index (χ4v) is 3.01. The van der Waals surface area contributed by atoms with E-state index in [9.17, 15) is 0 Å². The number of hydrogen-bond donors (Lipinski definition) is 1. The first-order valence-corrected chi connectivity index (χ1v) is 8.11. The van der Waals surface area contributed by atoms with Crippen molar-refractivity contribution >= 4 is 39.1 Å². The quantitative estimate of drug-likeness (QED) is 0.881. The third kappa shape index (κ3) is 3.13. The zero-order chi connectivity index (χ0) is 13.0. The van der Waals surface area contributed by atoms with Crippen molar-refractivity contribution in [3.63, 3.8) is 0 Å². The summed E-state index contributed by atoms with van der Waals surface area (Å²) < 4.78 is 0. The lowest BCUT2D eigenvalue weighted by Gasteiger charge is -2.15. The molecule has 2 rings (SSSR count). The van der Waals surface area contributed by atoms with Crippen LogP contribution in [-0.4, -0.2) is 47.5 Å². The van der Waals surface area contributed by atoms with Crippen LogP contribution in [0.5, 0.6) is 0 Å². The molecule has 98 valence electrons. The maximum absolute atomic E-state index is 4.61. The molecule has 0 bridgehead atoms. The van der Waals surface area contributed by atoms with Gasteiger partial charge in [0.15, 0.2) is 0 Å². The number of nitrogens with one attached hydrogen (secondary N) is 1. The molecule has 18 heavy (non-hydrogen) atoms. The fourth-order valence-electron chi connectivity index (χ4n) is 1.73. The molecule has 0 aromatic carbocycles. The van der Waals surface area contributed by atoms with Crippen LogP contribution in [0.1, 0.15) is 5.82 Å². The number of thiophene rings is 1. The zero-order valence-electron chi connectivity index (χ0n) is 10.9. The lowest BCUT2D eigenvalue weighted by Crippen LogP contribution is -2.22. The van der Waals surface area contributed by atoms with E-state index in [2.05, 4.69) is 44.9 Å². The van der Waals surface area contributed by atoms with Crippen LogP contribution >= 0.6 is 23.1 Å². The minimum atomic E-state index is 0.795. The summed E-state index contributed by atoms with van der Waals surface area (Å²) >= 11 is 3.52. The van der Waals surface area contributed by atoms with Crippen LogP contribution in [0.25, 0.3) is 10.2 Å². The molecular formula is C12H18N4S2. The Labute approximate surface area is 116 Å². The molecule has 4 nitrogen and oxygen atoms in total. The first-order valence-electron chi connectivity index (χ1n) is 5.84. The zero-order valence-corrected chi connectivity index (χ0v) is 12.6. The molecule has 0 radical (unpaired) electrons. The predicted molar refractivity (Wildman–Crippen MR) is 81.7 cm³/mol. The summed E-state index contributed by atoms with van der Waals surface area (Å²) in [7, 11) is 4.01. The highest BCUT2D eigenvalue weighted by Crippen LogP contribution is 2.24. The second kappa shape index (κ2) is 6.36. The molecule has 0 saturated heterocycles. The number of aromatic nitrogens is 2. The van der Waals surface area contributed by atoms with Crippen LogP contribution in [0, 0.1) is 0 Å². The van der Waals surface area contributed by atoms with Crippen molar-refractivity contribution in [2.45, 2.75) is 6.54 Å². The van der Waals surface area contributed by atoms with Gasteiger partial charge in [-0.05, 0) is 24.7 Å². The van der Waals surface area contributed by atoms with E-state index in [1.54, 1.807) is 11.3 Å². The van der Waals surface area contributed by atoms with Crippen molar-refractivity contribution in [3.8, 4) is 0 Å². The van der Waals surface area contributed by atoms with Crippen molar-refractivity contribution < 1.29 is 0 Å². The summed E-state index contributed by atoms with van der Waals surface area (Å²) in [6.45, 7) is 1.85. The van der Waals surface area contributed by atoms with E-state index in [4.69, 9.17) is 0 Å². The Morgan fingerprint density at radius 1 is 1.44 bits per heavy atom. The van der Waals surface area contributed by atoms with Gasteiger partial charge in [0, 0.05) is 19.3 Å². The Kier molecular flexibility index (Phi) is 4.79. The second-order valence-corrected chi connectivity index (χ2v) is 5.99. The van der Waals surface area contributed by atoms with Gasteiger partial charge in [-0.15, -0.1) is 11.3 Å². The highest BCUT2D eigenvalue weighted by molar-refractivity contribution is 7.98. The van der Waals surface area contributed by atoms with Gasteiger partial charge in [-0.3, -0.25) is 4.90 Å². The van der Waals surface area contributed by atoms with Crippen molar-refractivity contribution in [2.24, 2.45) is 0 Å². The minimum Gasteiger partial charge on any atom is -0.372 e. The normalized spacial score (nSPS) is 11.3. The Balaban J connectivity index is 2.17. The number of hydrogen-bond acceptors (Lipinski definition) is 6. The molecule has 2 aromatic rings. The number of fused-ring (bicyclic) bond motifs is 1. The van der Waals surface area contributed by atoms with E-state index < -0.39 is 0 Å². The van der Waals surface area contributed by atoms with Crippen LogP contribution in [0.4, 0.5) is 5.82 Å². The lowest BCUT2D eigenvalue weighted by atomic mass is 10.3. The molecule has 0 aliphatic rings. The van der Waals surface area contributed by atoms with Gasteiger partial charge in [0.05, 0.1) is 11.9 Å². The van der Waals surface area contributed by atoms with Crippen molar-refractivity contribution in [3.05, 3.63) is 17.3 Å². The van der Waals surface area contributed by atoms with E-state index >= 15 is 0 Å². The molecule has 0 atom stereocenters. The molecule has 0 fully saturated rings. The molecule has 0 saturated carbocycles. The van der Waals surface area contributed by atoms with E-state index in [1.165, 1.54) is 0 Å². The Hall–Kier alpha value is -0.850.